The molecule has 0 fully saturated rings. The van der Waals surface area contributed by atoms with Crippen LogP contribution < -0.4 is 20.5 Å². The standard InChI is InChI=1S/C18H29N3O3.HI/c1-13(2)10-14(6-7-22)12-20-18(19)21-15-4-5-16-17(11-15)24-9-3-8-23-16;/h4-5,11,13-14,22H,3,6-10,12H2,1-2H3,(H3,19,20,21);1H. The van der Waals surface area contributed by atoms with Crippen molar-refractivity contribution in [3.05, 3.63) is 18.2 Å². The van der Waals surface area contributed by atoms with E-state index in [1.54, 1.807) is 0 Å². The zero-order valence-corrected chi connectivity index (χ0v) is 17.4. The van der Waals surface area contributed by atoms with Gasteiger partial charge in [-0.2, -0.15) is 0 Å². The SMILES string of the molecule is CC(C)CC(CCO)CN=C(N)Nc1ccc2c(c1)OCCCO2.I. The molecule has 1 aromatic carbocycles. The second kappa shape index (κ2) is 11.4. The highest BCUT2D eigenvalue weighted by molar-refractivity contribution is 14.0. The molecule has 0 saturated carbocycles. The van der Waals surface area contributed by atoms with Crippen molar-refractivity contribution in [3.63, 3.8) is 0 Å². The van der Waals surface area contributed by atoms with Crippen molar-refractivity contribution in [2.45, 2.75) is 33.1 Å². The number of guanidine groups is 1. The Hall–Kier alpha value is -1.22. The molecule has 0 bridgehead atoms. The Morgan fingerprint density at radius 2 is 2.00 bits per heavy atom. The lowest BCUT2D eigenvalue weighted by Gasteiger charge is -2.16. The molecule has 2 rings (SSSR count). The number of nitrogens with two attached hydrogens (primary N) is 1. The van der Waals surface area contributed by atoms with Gasteiger partial charge >= 0.3 is 0 Å². The number of benzene rings is 1. The Bertz CT molecular complexity index is 552. The molecule has 0 radical (unpaired) electrons. The lowest BCUT2D eigenvalue weighted by atomic mass is 9.94. The molecule has 142 valence electrons. The molecule has 7 heteroatoms. The zero-order chi connectivity index (χ0) is 17.4. The number of nitrogens with one attached hydrogen (secondary N) is 1. The van der Waals surface area contributed by atoms with Gasteiger partial charge in [-0.05, 0) is 36.8 Å². The number of rotatable bonds is 7. The summed E-state index contributed by atoms with van der Waals surface area (Å²) in [6.07, 6.45) is 2.66. The minimum Gasteiger partial charge on any atom is -0.490 e. The van der Waals surface area contributed by atoms with Crippen molar-refractivity contribution in [1.82, 2.24) is 0 Å². The summed E-state index contributed by atoms with van der Waals surface area (Å²) in [5.41, 5.74) is 6.81. The molecule has 1 unspecified atom stereocenters. The fraction of sp³-hybridized carbons (Fsp3) is 0.611. The lowest BCUT2D eigenvalue weighted by molar-refractivity contribution is 0.246. The van der Waals surface area contributed by atoms with E-state index in [4.69, 9.17) is 20.3 Å². The maximum Gasteiger partial charge on any atom is 0.193 e. The number of aliphatic hydroxyl groups is 1. The highest BCUT2D eigenvalue weighted by Crippen LogP contribution is 2.32. The second-order valence-electron chi connectivity index (χ2n) is 6.57. The number of fused-ring (bicyclic) bond motifs is 1. The van der Waals surface area contributed by atoms with Crippen LogP contribution in [0.25, 0.3) is 0 Å². The fourth-order valence-electron chi connectivity index (χ4n) is 2.79. The Balaban J connectivity index is 0.00000312. The molecule has 4 N–H and O–H groups in total. The molecule has 25 heavy (non-hydrogen) atoms. The smallest absolute Gasteiger partial charge is 0.193 e. The molecule has 1 aliphatic heterocycles. The molecular weight excluding hydrogens is 433 g/mol. The summed E-state index contributed by atoms with van der Waals surface area (Å²) in [5, 5.41) is 12.3. The monoisotopic (exact) mass is 463 g/mol. The minimum absolute atomic E-state index is 0. The highest BCUT2D eigenvalue weighted by Gasteiger charge is 2.12. The minimum atomic E-state index is 0. The van der Waals surface area contributed by atoms with Crippen molar-refractivity contribution in [3.8, 4) is 11.5 Å². The summed E-state index contributed by atoms with van der Waals surface area (Å²) in [4.78, 5) is 4.42. The van der Waals surface area contributed by atoms with Gasteiger partial charge in [0.05, 0.1) is 13.2 Å². The third-order valence-electron chi connectivity index (χ3n) is 3.88. The molecule has 1 aromatic rings. The summed E-state index contributed by atoms with van der Waals surface area (Å²) >= 11 is 0. The Kier molecular flexibility index (Phi) is 9.96. The number of hydrogen-bond acceptors (Lipinski definition) is 4. The molecule has 0 aromatic heterocycles. The average molecular weight is 463 g/mol. The van der Waals surface area contributed by atoms with Crippen LogP contribution in [-0.2, 0) is 0 Å². The van der Waals surface area contributed by atoms with E-state index in [1.165, 1.54) is 0 Å². The normalized spacial score (nSPS) is 15.3. The van der Waals surface area contributed by atoms with Crippen LogP contribution in [0.5, 0.6) is 11.5 Å². The summed E-state index contributed by atoms with van der Waals surface area (Å²) in [6.45, 7) is 6.47. The fourth-order valence-corrected chi connectivity index (χ4v) is 2.79. The molecule has 6 nitrogen and oxygen atoms in total. The summed E-state index contributed by atoms with van der Waals surface area (Å²) in [6, 6.07) is 5.65. The van der Waals surface area contributed by atoms with Crippen LogP contribution in [0.4, 0.5) is 5.69 Å². The van der Waals surface area contributed by atoms with Gasteiger partial charge in [-0.15, -0.1) is 24.0 Å². The Morgan fingerprint density at radius 1 is 1.28 bits per heavy atom. The highest BCUT2D eigenvalue weighted by atomic mass is 127. The van der Waals surface area contributed by atoms with E-state index in [-0.39, 0.29) is 30.6 Å². The Morgan fingerprint density at radius 3 is 2.68 bits per heavy atom. The predicted molar refractivity (Wildman–Crippen MR) is 112 cm³/mol. The average Bonchev–Trinajstić information content (AvgIpc) is 2.77. The Labute approximate surface area is 167 Å². The van der Waals surface area contributed by atoms with E-state index in [1.807, 2.05) is 18.2 Å². The molecule has 1 aliphatic rings. The van der Waals surface area contributed by atoms with Crippen molar-refractivity contribution >= 4 is 35.6 Å². The van der Waals surface area contributed by atoms with E-state index in [0.717, 1.165) is 36.4 Å². The first-order valence-electron chi connectivity index (χ1n) is 8.66. The van der Waals surface area contributed by atoms with Gasteiger partial charge in [-0.1, -0.05) is 13.8 Å². The summed E-state index contributed by atoms with van der Waals surface area (Å²) < 4.78 is 11.3. The van der Waals surface area contributed by atoms with Crippen LogP contribution in [0.1, 0.15) is 33.1 Å². The third kappa shape index (κ3) is 7.68. The summed E-state index contributed by atoms with van der Waals surface area (Å²) in [7, 11) is 0. The quantitative estimate of drug-likeness (QED) is 0.328. The molecule has 0 saturated heterocycles. The molecular formula is C18H30IN3O3. The first-order valence-corrected chi connectivity index (χ1v) is 8.66. The third-order valence-corrected chi connectivity index (χ3v) is 3.88. The van der Waals surface area contributed by atoms with Crippen LogP contribution in [0.2, 0.25) is 0 Å². The maximum absolute atomic E-state index is 9.16. The maximum atomic E-state index is 9.16. The zero-order valence-electron chi connectivity index (χ0n) is 15.0. The predicted octanol–water partition coefficient (Wildman–Crippen LogP) is 3.24. The van der Waals surface area contributed by atoms with Crippen LogP contribution in [-0.4, -0.2) is 37.4 Å². The topological polar surface area (TPSA) is 89.1 Å². The number of aliphatic hydroxyl groups excluding tert-OH is 1. The van der Waals surface area contributed by atoms with Crippen molar-refractivity contribution in [2.24, 2.45) is 22.6 Å². The van der Waals surface area contributed by atoms with E-state index in [2.05, 4.69) is 24.2 Å². The van der Waals surface area contributed by atoms with Crippen LogP contribution >= 0.6 is 24.0 Å². The van der Waals surface area contributed by atoms with Gasteiger partial charge in [0.1, 0.15) is 0 Å². The largest absolute Gasteiger partial charge is 0.490 e. The van der Waals surface area contributed by atoms with Crippen LogP contribution in [0.15, 0.2) is 23.2 Å². The number of aliphatic imine (C=N–C) groups is 1. The van der Waals surface area contributed by atoms with Gasteiger partial charge in [-0.3, -0.25) is 4.99 Å². The van der Waals surface area contributed by atoms with E-state index in [0.29, 0.717) is 37.6 Å². The van der Waals surface area contributed by atoms with Crippen LogP contribution in [0.3, 0.4) is 0 Å². The van der Waals surface area contributed by atoms with E-state index in [9.17, 15) is 0 Å². The number of hydrogen-bond donors (Lipinski definition) is 3. The number of anilines is 1. The van der Waals surface area contributed by atoms with E-state index >= 15 is 0 Å². The van der Waals surface area contributed by atoms with Gasteiger partial charge < -0.3 is 25.6 Å². The van der Waals surface area contributed by atoms with Gasteiger partial charge in [-0.25, -0.2) is 0 Å². The lowest BCUT2D eigenvalue weighted by Crippen LogP contribution is -2.24. The van der Waals surface area contributed by atoms with Gasteiger partial charge in [0.25, 0.3) is 0 Å². The van der Waals surface area contributed by atoms with Crippen molar-refractivity contribution < 1.29 is 14.6 Å². The van der Waals surface area contributed by atoms with Crippen molar-refractivity contribution in [1.29, 1.82) is 0 Å². The number of ether oxygens (including phenoxy) is 2. The number of halogens is 1. The van der Waals surface area contributed by atoms with Crippen molar-refractivity contribution in [2.75, 3.05) is 31.7 Å². The van der Waals surface area contributed by atoms with Gasteiger partial charge in [0.2, 0.25) is 0 Å². The number of nitrogens with zero attached hydrogens (tertiary/aromatic N) is 1. The van der Waals surface area contributed by atoms with Crippen LogP contribution in [0, 0.1) is 11.8 Å². The molecule has 1 atom stereocenters. The second-order valence-corrected chi connectivity index (χ2v) is 6.57. The summed E-state index contributed by atoms with van der Waals surface area (Å²) in [5.74, 6) is 2.78. The van der Waals surface area contributed by atoms with Gasteiger partial charge in [0.15, 0.2) is 17.5 Å². The molecule has 1 heterocycles. The van der Waals surface area contributed by atoms with Gasteiger partial charge in [0, 0.05) is 31.3 Å². The van der Waals surface area contributed by atoms with E-state index < -0.39 is 0 Å². The molecule has 0 spiro atoms. The molecule has 0 amide bonds. The first kappa shape index (κ1) is 21.8. The molecule has 0 aliphatic carbocycles. The first-order chi connectivity index (χ1) is 11.6.